The molecule has 8 heteroatoms. The van der Waals surface area contributed by atoms with Crippen molar-refractivity contribution in [2.75, 3.05) is 12.4 Å². The fraction of sp³-hybridized carbons (Fsp3) is 0.211. The third kappa shape index (κ3) is 3.46. The van der Waals surface area contributed by atoms with Crippen LogP contribution in [0, 0.1) is 6.92 Å². The lowest BCUT2D eigenvalue weighted by molar-refractivity contribution is 0.0693. The Balaban J connectivity index is 1.94. The highest BCUT2D eigenvalue weighted by molar-refractivity contribution is 6.34. The fourth-order valence-corrected chi connectivity index (χ4v) is 3.07. The molecule has 0 aliphatic heterocycles. The Morgan fingerprint density at radius 1 is 1.33 bits per heavy atom. The molecule has 3 rings (SSSR count). The van der Waals surface area contributed by atoms with Crippen molar-refractivity contribution in [1.29, 1.82) is 0 Å². The summed E-state index contributed by atoms with van der Waals surface area (Å²) in [4.78, 5) is 28.4. The monoisotopic (exact) mass is 387 g/mol. The zero-order valence-corrected chi connectivity index (χ0v) is 15.8. The van der Waals surface area contributed by atoms with Gasteiger partial charge < -0.3 is 19.6 Å². The molecule has 0 aliphatic carbocycles. The van der Waals surface area contributed by atoms with Crippen molar-refractivity contribution in [2.24, 2.45) is 0 Å². The number of hydrogen-bond donors (Lipinski definition) is 2. The summed E-state index contributed by atoms with van der Waals surface area (Å²) < 4.78 is 6.94. The first kappa shape index (κ1) is 18.7. The molecule has 0 spiro atoms. The van der Waals surface area contributed by atoms with E-state index in [4.69, 9.17) is 16.3 Å². The number of nitrogens with zero attached hydrogens (tertiary/aromatic N) is 2. The molecule has 7 nitrogen and oxygen atoms in total. The summed E-state index contributed by atoms with van der Waals surface area (Å²) >= 11 is 6.13. The first-order valence-electron chi connectivity index (χ1n) is 8.25. The van der Waals surface area contributed by atoms with Gasteiger partial charge in [-0.25, -0.2) is 9.78 Å². The number of amides is 1. The number of aryl methyl sites for hydroxylation is 2. The van der Waals surface area contributed by atoms with Crippen LogP contribution in [0.1, 0.15) is 39.0 Å². The van der Waals surface area contributed by atoms with Gasteiger partial charge in [0.1, 0.15) is 17.0 Å². The van der Waals surface area contributed by atoms with Crippen molar-refractivity contribution in [3.63, 3.8) is 0 Å². The van der Waals surface area contributed by atoms with Crippen LogP contribution in [0.4, 0.5) is 5.69 Å². The number of imidazole rings is 1. The second-order valence-corrected chi connectivity index (χ2v) is 6.34. The number of ether oxygens (including phenoxy) is 1. The third-order valence-electron chi connectivity index (χ3n) is 4.32. The first-order valence-corrected chi connectivity index (χ1v) is 8.63. The highest BCUT2D eigenvalue weighted by atomic mass is 35.5. The smallest absolute Gasteiger partial charge is 0.339 e. The minimum absolute atomic E-state index is 0.0805. The van der Waals surface area contributed by atoms with Crippen LogP contribution in [0.3, 0.4) is 0 Å². The average Bonchev–Trinajstić information content (AvgIpc) is 2.98. The summed E-state index contributed by atoms with van der Waals surface area (Å²) in [6.45, 7) is 3.98. The molecular formula is C19H18ClN3O4. The van der Waals surface area contributed by atoms with Crippen LogP contribution >= 0.6 is 11.6 Å². The molecule has 140 valence electrons. The Bertz CT molecular complexity index is 1060. The number of carbonyl (C=O) groups excluding carboxylic acids is 1. The number of methoxy groups -OCH3 is 1. The van der Waals surface area contributed by atoms with Gasteiger partial charge in [-0.3, -0.25) is 4.79 Å². The van der Waals surface area contributed by atoms with E-state index in [2.05, 4.69) is 10.3 Å². The van der Waals surface area contributed by atoms with Gasteiger partial charge in [-0.1, -0.05) is 18.5 Å². The van der Waals surface area contributed by atoms with Crippen molar-refractivity contribution in [3.8, 4) is 5.75 Å². The van der Waals surface area contributed by atoms with E-state index < -0.39 is 5.97 Å². The molecule has 1 amide bonds. The number of aromatic carboxylic acids is 1. The average molecular weight is 388 g/mol. The standard InChI is InChI=1S/C19H18ClN3O4/c1-4-14-10(2)23-9-11(5-6-17(23)21-14)18(24)22-15-8-16(27-3)12(19(25)26)7-13(15)20/h5-9H,4H2,1-3H3,(H,22,24)(H,25,26). The van der Waals surface area contributed by atoms with Crippen LogP contribution in [0.5, 0.6) is 5.75 Å². The summed E-state index contributed by atoms with van der Waals surface area (Å²) in [6, 6.07) is 6.08. The van der Waals surface area contributed by atoms with Crippen LogP contribution < -0.4 is 10.1 Å². The van der Waals surface area contributed by atoms with Crippen molar-refractivity contribution in [2.45, 2.75) is 20.3 Å². The third-order valence-corrected chi connectivity index (χ3v) is 4.63. The van der Waals surface area contributed by atoms with E-state index >= 15 is 0 Å². The topological polar surface area (TPSA) is 92.9 Å². The summed E-state index contributed by atoms with van der Waals surface area (Å²) in [5.41, 5.74) is 3.33. The normalized spacial score (nSPS) is 10.8. The number of benzene rings is 1. The molecule has 1 aromatic carbocycles. The van der Waals surface area contributed by atoms with E-state index in [0.717, 1.165) is 23.5 Å². The molecule has 0 saturated heterocycles. The number of pyridine rings is 1. The van der Waals surface area contributed by atoms with Gasteiger partial charge in [0.15, 0.2) is 0 Å². The van der Waals surface area contributed by atoms with Crippen molar-refractivity contribution in [3.05, 3.63) is 58.0 Å². The second-order valence-electron chi connectivity index (χ2n) is 5.94. The molecule has 2 heterocycles. The fourth-order valence-electron chi connectivity index (χ4n) is 2.86. The molecule has 27 heavy (non-hydrogen) atoms. The van der Waals surface area contributed by atoms with E-state index in [0.29, 0.717) is 5.56 Å². The summed E-state index contributed by atoms with van der Waals surface area (Å²) in [5.74, 6) is -1.44. The summed E-state index contributed by atoms with van der Waals surface area (Å²) in [5, 5.41) is 12.0. The Kier molecular flexibility index (Phi) is 5.05. The van der Waals surface area contributed by atoms with Crippen LogP contribution in [0.25, 0.3) is 5.65 Å². The van der Waals surface area contributed by atoms with Gasteiger partial charge in [0.25, 0.3) is 5.91 Å². The van der Waals surface area contributed by atoms with Gasteiger partial charge in [-0.05, 0) is 31.5 Å². The number of hydrogen-bond acceptors (Lipinski definition) is 4. The van der Waals surface area contributed by atoms with Crippen molar-refractivity contribution < 1.29 is 19.4 Å². The molecule has 3 aromatic rings. The number of rotatable bonds is 5. The van der Waals surface area contributed by atoms with Crippen LogP contribution in [-0.2, 0) is 6.42 Å². The molecule has 0 bridgehead atoms. The summed E-state index contributed by atoms with van der Waals surface area (Å²) in [7, 11) is 1.35. The number of carboxylic acids is 1. The molecule has 2 N–H and O–H groups in total. The molecule has 0 atom stereocenters. The van der Waals surface area contributed by atoms with Crippen LogP contribution in [0.2, 0.25) is 5.02 Å². The molecule has 0 fully saturated rings. The van der Waals surface area contributed by atoms with E-state index in [1.54, 1.807) is 18.3 Å². The van der Waals surface area contributed by atoms with Gasteiger partial charge in [0.05, 0.1) is 29.1 Å². The van der Waals surface area contributed by atoms with E-state index in [-0.39, 0.29) is 27.9 Å². The first-order chi connectivity index (χ1) is 12.8. The van der Waals surface area contributed by atoms with Crippen LogP contribution in [-0.4, -0.2) is 33.5 Å². The molecular weight excluding hydrogens is 370 g/mol. The predicted molar refractivity (Wildman–Crippen MR) is 102 cm³/mol. The minimum atomic E-state index is -1.17. The number of carboxylic acid groups (broad SMARTS) is 1. The maximum absolute atomic E-state index is 12.7. The minimum Gasteiger partial charge on any atom is -0.496 e. The van der Waals surface area contributed by atoms with Gasteiger partial charge in [0.2, 0.25) is 0 Å². The Hall–Kier alpha value is -3.06. The largest absolute Gasteiger partial charge is 0.496 e. The number of halogens is 1. The van der Waals surface area contributed by atoms with Gasteiger partial charge in [-0.2, -0.15) is 0 Å². The Morgan fingerprint density at radius 2 is 2.07 bits per heavy atom. The van der Waals surface area contributed by atoms with Crippen LogP contribution in [0.15, 0.2) is 30.5 Å². The highest BCUT2D eigenvalue weighted by Crippen LogP contribution is 2.31. The molecule has 0 saturated carbocycles. The van der Waals surface area contributed by atoms with E-state index in [1.165, 1.54) is 19.2 Å². The second kappa shape index (κ2) is 7.28. The number of anilines is 1. The lowest BCUT2D eigenvalue weighted by atomic mass is 10.1. The lowest BCUT2D eigenvalue weighted by Gasteiger charge is -2.12. The molecule has 0 unspecified atom stereocenters. The molecule has 2 aromatic heterocycles. The number of carbonyl (C=O) groups is 2. The lowest BCUT2D eigenvalue weighted by Crippen LogP contribution is -2.14. The molecule has 0 radical (unpaired) electrons. The zero-order chi connectivity index (χ0) is 19.7. The van der Waals surface area contributed by atoms with E-state index in [9.17, 15) is 14.7 Å². The maximum atomic E-state index is 12.7. The van der Waals surface area contributed by atoms with E-state index in [1.807, 2.05) is 18.2 Å². The number of aromatic nitrogens is 2. The Morgan fingerprint density at radius 3 is 2.70 bits per heavy atom. The SMILES string of the molecule is CCc1nc2ccc(C(=O)Nc3cc(OC)c(C(=O)O)cc3Cl)cn2c1C. The highest BCUT2D eigenvalue weighted by Gasteiger charge is 2.17. The number of fused-ring (bicyclic) bond motifs is 1. The van der Waals surface area contributed by atoms with Gasteiger partial charge >= 0.3 is 5.97 Å². The van der Waals surface area contributed by atoms with Gasteiger partial charge in [-0.15, -0.1) is 0 Å². The molecule has 0 aliphatic rings. The summed E-state index contributed by atoms with van der Waals surface area (Å²) in [6.07, 6.45) is 2.52. The van der Waals surface area contributed by atoms with Crippen molar-refractivity contribution >= 4 is 34.8 Å². The quantitative estimate of drug-likeness (QED) is 0.694. The maximum Gasteiger partial charge on any atom is 0.339 e. The number of nitrogens with one attached hydrogen (secondary N) is 1. The Labute approximate surface area is 160 Å². The predicted octanol–water partition coefficient (Wildman–Crippen LogP) is 3.82. The van der Waals surface area contributed by atoms with Crippen molar-refractivity contribution in [1.82, 2.24) is 9.38 Å². The zero-order valence-electron chi connectivity index (χ0n) is 15.0. The van der Waals surface area contributed by atoms with Gasteiger partial charge in [0, 0.05) is 18.0 Å².